The number of carbonyl (C=O) groups is 2. The zero-order valence-corrected chi connectivity index (χ0v) is 52.9. The molecule has 1 rings (SSSR count). The second kappa shape index (κ2) is 60.1. The molecule has 1 saturated heterocycles. The summed E-state index contributed by atoms with van der Waals surface area (Å²) >= 11 is 0. The summed E-state index contributed by atoms with van der Waals surface area (Å²) in [5.74, 6) is -0.192. The summed E-state index contributed by atoms with van der Waals surface area (Å²) in [6, 6.07) is -0.835. The van der Waals surface area contributed by atoms with Crippen molar-refractivity contribution < 1.29 is 49.3 Å². The van der Waals surface area contributed by atoms with Crippen LogP contribution in [0.1, 0.15) is 316 Å². The van der Waals surface area contributed by atoms with E-state index in [4.69, 9.17) is 14.2 Å². The number of allylic oxidation sites excluding steroid dienone is 9. The third-order valence-corrected chi connectivity index (χ3v) is 16.1. The predicted octanol–water partition coefficient (Wildman–Crippen LogP) is 17.3. The van der Waals surface area contributed by atoms with E-state index in [1.807, 2.05) is 6.08 Å². The van der Waals surface area contributed by atoms with Gasteiger partial charge in [0, 0.05) is 12.8 Å². The number of carbonyl (C=O) groups excluding carboxylic acids is 2. The van der Waals surface area contributed by atoms with Gasteiger partial charge < -0.3 is 45.1 Å². The maximum Gasteiger partial charge on any atom is 0.305 e. The molecule has 11 heteroatoms. The third-order valence-electron chi connectivity index (χ3n) is 16.1. The van der Waals surface area contributed by atoms with Gasteiger partial charge in [-0.05, 0) is 83.5 Å². The first-order chi connectivity index (χ1) is 40.2. The minimum atomic E-state index is -1.58. The molecular formula is C71H129NO10. The summed E-state index contributed by atoms with van der Waals surface area (Å²) in [6.45, 7) is 4.29. The number of aliphatic hydroxyl groups is 5. The van der Waals surface area contributed by atoms with Crippen molar-refractivity contribution in [2.75, 3.05) is 19.8 Å². The number of hydrogen-bond donors (Lipinski definition) is 6. The van der Waals surface area contributed by atoms with Crippen LogP contribution in [-0.4, -0.2) is 100 Å². The van der Waals surface area contributed by atoms with Crippen LogP contribution in [0.4, 0.5) is 0 Å². The molecule has 1 aliphatic heterocycles. The molecule has 1 aliphatic rings. The molecular weight excluding hydrogens is 1030 g/mol. The first-order valence-corrected chi connectivity index (χ1v) is 34.6. The van der Waals surface area contributed by atoms with Crippen LogP contribution in [0.5, 0.6) is 0 Å². The van der Waals surface area contributed by atoms with Gasteiger partial charge in [0.25, 0.3) is 0 Å². The van der Waals surface area contributed by atoms with Crippen molar-refractivity contribution in [3.8, 4) is 0 Å². The average molecular weight is 1160 g/mol. The number of aliphatic hydroxyl groups excluding tert-OH is 5. The van der Waals surface area contributed by atoms with E-state index >= 15 is 0 Å². The SMILES string of the molecule is CCCC/C=C/CC/C=C/CC/C=C/C(O)C(COC1OC(CO)C(O)C(O)C1O)NC(=O)CCCCCCCCCCCCCCCCC/C=C\C/C=C\CCCCCCCCCCCOC(=O)CCCCCCCCCCCCC. The Morgan fingerprint density at radius 2 is 0.841 bits per heavy atom. The van der Waals surface area contributed by atoms with Gasteiger partial charge in [0.05, 0.1) is 32.0 Å². The second-order valence-electron chi connectivity index (χ2n) is 23.9. The van der Waals surface area contributed by atoms with Crippen LogP contribution in [-0.2, 0) is 23.8 Å². The van der Waals surface area contributed by atoms with Crippen LogP contribution in [0.3, 0.4) is 0 Å². The van der Waals surface area contributed by atoms with Gasteiger partial charge in [-0.3, -0.25) is 9.59 Å². The molecule has 0 aliphatic carbocycles. The molecule has 1 fully saturated rings. The van der Waals surface area contributed by atoms with Crippen LogP contribution in [0.25, 0.3) is 0 Å². The molecule has 0 spiro atoms. The minimum absolute atomic E-state index is 0.00422. The molecule has 7 unspecified atom stereocenters. The van der Waals surface area contributed by atoms with Crippen LogP contribution < -0.4 is 5.32 Å². The zero-order chi connectivity index (χ0) is 59.5. The molecule has 0 bridgehead atoms. The minimum Gasteiger partial charge on any atom is -0.466 e. The maximum atomic E-state index is 13.0. The molecule has 7 atom stereocenters. The lowest BCUT2D eigenvalue weighted by Gasteiger charge is -2.40. The van der Waals surface area contributed by atoms with Gasteiger partial charge in [0.2, 0.25) is 5.91 Å². The smallest absolute Gasteiger partial charge is 0.305 e. The Morgan fingerprint density at radius 3 is 1.32 bits per heavy atom. The van der Waals surface area contributed by atoms with Crippen molar-refractivity contribution in [2.24, 2.45) is 0 Å². The highest BCUT2D eigenvalue weighted by atomic mass is 16.7. The van der Waals surface area contributed by atoms with Gasteiger partial charge in [-0.25, -0.2) is 0 Å². The fourth-order valence-corrected chi connectivity index (χ4v) is 10.6. The molecule has 0 aromatic heterocycles. The molecule has 11 nitrogen and oxygen atoms in total. The lowest BCUT2D eigenvalue weighted by atomic mass is 9.99. The molecule has 0 radical (unpaired) electrons. The van der Waals surface area contributed by atoms with Gasteiger partial charge in [-0.2, -0.15) is 0 Å². The third kappa shape index (κ3) is 48.6. The highest BCUT2D eigenvalue weighted by Gasteiger charge is 2.44. The predicted molar refractivity (Wildman–Crippen MR) is 343 cm³/mol. The fraction of sp³-hybridized carbons (Fsp3) is 0.831. The van der Waals surface area contributed by atoms with Gasteiger partial charge in [0.1, 0.15) is 24.4 Å². The first kappa shape index (κ1) is 77.4. The normalized spacial score (nSPS) is 18.5. The molecule has 0 aromatic carbocycles. The van der Waals surface area contributed by atoms with Gasteiger partial charge in [-0.15, -0.1) is 0 Å². The summed E-state index contributed by atoms with van der Waals surface area (Å²) < 4.78 is 16.7. The van der Waals surface area contributed by atoms with Crippen molar-refractivity contribution >= 4 is 11.9 Å². The Kier molecular flexibility index (Phi) is 56.7. The molecule has 0 aromatic rings. The van der Waals surface area contributed by atoms with E-state index in [9.17, 15) is 35.1 Å². The van der Waals surface area contributed by atoms with Crippen molar-refractivity contribution in [1.29, 1.82) is 0 Å². The van der Waals surface area contributed by atoms with E-state index in [-0.39, 0.29) is 18.5 Å². The summed E-state index contributed by atoms with van der Waals surface area (Å²) in [7, 11) is 0. The second-order valence-corrected chi connectivity index (χ2v) is 23.9. The Labute approximate surface area is 503 Å². The van der Waals surface area contributed by atoms with Crippen molar-refractivity contribution in [3.05, 3.63) is 60.8 Å². The Morgan fingerprint density at radius 1 is 0.451 bits per heavy atom. The van der Waals surface area contributed by atoms with E-state index in [0.29, 0.717) is 19.4 Å². The largest absolute Gasteiger partial charge is 0.466 e. The van der Waals surface area contributed by atoms with Crippen LogP contribution in [0.2, 0.25) is 0 Å². The number of ether oxygens (including phenoxy) is 3. The quantitative estimate of drug-likeness (QED) is 0.0195. The molecule has 0 saturated carbocycles. The highest BCUT2D eigenvalue weighted by molar-refractivity contribution is 5.76. The first-order valence-electron chi connectivity index (χ1n) is 34.6. The number of esters is 1. The average Bonchev–Trinajstić information content (AvgIpc) is 3.68. The number of nitrogens with one attached hydrogen (secondary N) is 1. The van der Waals surface area contributed by atoms with Gasteiger partial charge in [0.15, 0.2) is 6.29 Å². The number of amides is 1. The summed E-state index contributed by atoms with van der Waals surface area (Å²) in [4.78, 5) is 25.1. The van der Waals surface area contributed by atoms with Gasteiger partial charge in [-0.1, -0.05) is 280 Å². The van der Waals surface area contributed by atoms with Crippen molar-refractivity contribution in [2.45, 2.75) is 358 Å². The van der Waals surface area contributed by atoms with Crippen LogP contribution in [0, 0.1) is 0 Å². The van der Waals surface area contributed by atoms with Crippen molar-refractivity contribution in [1.82, 2.24) is 5.32 Å². The number of rotatable bonds is 60. The summed E-state index contributed by atoms with van der Waals surface area (Å²) in [6.07, 6.45) is 69.3. The summed E-state index contributed by atoms with van der Waals surface area (Å²) in [5.41, 5.74) is 0. The fourth-order valence-electron chi connectivity index (χ4n) is 10.6. The monoisotopic (exact) mass is 1160 g/mol. The van der Waals surface area contributed by atoms with Crippen molar-refractivity contribution in [3.63, 3.8) is 0 Å². The Balaban J connectivity index is 1.99. The zero-order valence-electron chi connectivity index (χ0n) is 52.9. The lowest BCUT2D eigenvalue weighted by molar-refractivity contribution is -0.302. The van der Waals surface area contributed by atoms with E-state index < -0.39 is 49.5 Å². The van der Waals surface area contributed by atoms with Gasteiger partial charge >= 0.3 is 5.97 Å². The number of hydrogen-bond acceptors (Lipinski definition) is 10. The highest BCUT2D eigenvalue weighted by Crippen LogP contribution is 2.23. The molecule has 478 valence electrons. The lowest BCUT2D eigenvalue weighted by Crippen LogP contribution is -2.60. The molecule has 6 N–H and O–H groups in total. The van der Waals surface area contributed by atoms with E-state index in [1.54, 1.807) is 6.08 Å². The van der Waals surface area contributed by atoms with Crippen LogP contribution >= 0.6 is 0 Å². The molecule has 82 heavy (non-hydrogen) atoms. The Bertz CT molecular complexity index is 1550. The molecule has 1 heterocycles. The van der Waals surface area contributed by atoms with E-state index in [1.165, 1.54) is 212 Å². The van der Waals surface area contributed by atoms with E-state index in [2.05, 4.69) is 67.8 Å². The maximum absolute atomic E-state index is 13.0. The van der Waals surface area contributed by atoms with E-state index in [0.717, 1.165) is 77.0 Å². The molecule has 1 amide bonds. The number of unbranched alkanes of at least 4 members (excludes halogenated alkanes) is 38. The standard InChI is InChI=1S/C71H129NO10/c1-3-5-7-9-11-13-15-38-41-45-49-53-57-64(74)63(62-81-71-70(79)69(78)68(77)65(61-73)82-71)72-66(75)58-54-50-46-42-39-35-33-31-29-27-25-23-21-19-17-16-18-20-22-24-26-28-30-32-34-36-40-44-48-52-56-60-80-67(76)59-55-51-47-43-37-14-12-10-8-6-4-2/h9,11,18,20,24,26,38,41,53,57,63-65,68-71,73-74,77-79H,3-8,10,12-17,19,21-23,25,27-37,39-40,42-52,54-56,58-62H2,1-2H3,(H,72,75)/b11-9+,20-18-,26-24-,41-38+,57-53+. The Hall–Kier alpha value is -2.64. The summed E-state index contributed by atoms with van der Waals surface area (Å²) in [5, 5.41) is 54.4. The van der Waals surface area contributed by atoms with Crippen LogP contribution in [0.15, 0.2) is 60.8 Å². The topological polar surface area (TPSA) is 175 Å².